The molecule has 1 unspecified atom stereocenters. The van der Waals surface area contributed by atoms with E-state index >= 15 is 0 Å². The zero-order chi connectivity index (χ0) is 13.7. The molecule has 1 amide bonds. The average molecular weight is 262 g/mol. The second-order valence-corrected chi connectivity index (χ2v) is 5.18. The lowest BCUT2D eigenvalue weighted by atomic mass is 10.1. The summed E-state index contributed by atoms with van der Waals surface area (Å²) in [4.78, 5) is 18.4. The Morgan fingerprint density at radius 1 is 1.42 bits per heavy atom. The monoisotopic (exact) mass is 262 g/mol. The molecule has 1 aromatic heterocycles. The molecular weight excluding hydrogens is 240 g/mol. The molecule has 3 N–H and O–H groups in total. The molecule has 2 rings (SSSR count). The van der Waals surface area contributed by atoms with Crippen molar-refractivity contribution in [1.29, 1.82) is 0 Å². The molecule has 1 fully saturated rings. The Morgan fingerprint density at radius 2 is 2.16 bits per heavy atom. The SMILES string of the molecule is CC(CN1CCCCC1)NC(=O)c1cccc(N)n1. The number of anilines is 1. The van der Waals surface area contributed by atoms with Gasteiger partial charge < -0.3 is 16.0 Å². The van der Waals surface area contributed by atoms with E-state index in [4.69, 9.17) is 5.73 Å². The van der Waals surface area contributed by atoms with E-state index in [0.29, 0.717) is 11.5 Å². The molecule has 1 aliphatic heterocycles. The van der Waals surface area contributed by atoms with Gasteiger partial charge in [0.1, 0.15) is 11.5 Å². The summed E-state index contributed by atoms with van der Waals surface area (Å²) < 4.78 is 0. The van der Waals surface area contributed by atoms with E-state index in [1.54, 1.807) is 18.2 Å². The smallest absolute Gasteiger partial charge is 0.270 e. The molecule has 1 saturated heterocycles. The van der Waals surface area contributed by atoms with E-state index in [9.17, 15) is 4.79 Å². The number of nitrogens with zero attached hydrogens (tertiary/aromatic N) is 2. The van der Waals surface area contributed by atoms with Crippen LogP contribution in [0.4, 0.5) is 5.82 Å². The van der Waals surface area contributed by atoms with Crippen LogP contribution in [-0.4, -0.2) is 41.5 Å². The average Bonchev–Trinajstić information content (AvgIpc) is 2.39. The fourth-order valence-corrected chi connectivity index (χ4v) is 2.45. The minimum absolute atomic E-state index is 0.119. The molecule has 0 aromatic carbocycles. The fourth-order valence-electron chi connectivity index (χ4n) is 2.45. The maximum Gasteiger partial charge on any atom is 0.270 e. The predicted octanol–water partition coefficient (Wildman–Crippen LogP) is 1.27. The summed E-state index contributed by atoms with van der Waals surface area (Å²) in [6.45, 7) is 5.19. The van der Waals surface area contributed by atoms with Crippen LogP contribution in [0, 0.1) is 0 Å². The molecule has 1 atom stereocenters. The van der Waals surface area contributed by atoms with Crippen molar-refractivity contribution in [3.05, 3.63) is 23.9 Å². The molecule has 0 saturated carbocycles. The Hall–Kier alpha value is -1.62. The number of pyridine rings is 1. The minimum Gasteiger partial charge on any atom is -0.384 e. The van der Waals surface area contributed by atoms with Crippen molar-refractivity contribution in [1.82, 2.24) is 15.2 Å². The minimum atomic E-state index is -0.156. The van der Waals surface area contributed by atoms with Gasteiger partial charge in [0.25, 0.3) is 5.91 Å². The number of nitrogen functional groups attached to an aromatic ring is 1. The quantitative estimate of drug-likeness (QED) is 0.857. The zero-order valence-corrected chi connectivity index (χ0v) is 11.4. The molecule has 1 aliphatic rings. The van der Waals surface area contributed by atoms with Crippen molar-refractivity contribution in [2.75, 3.05) is 25.4 Å². The van der Waals surface area contributed by atoms with Gasteiger partial charge in [0.05, 0.1) is 0 Å². The highest BCUT2D eigenvalue weighted by atomic mass is 16.1. The normalized spacial score (nSPS) is 17.9. The summed E-state index contributed by atoms with van der Waals surface area (Å²) in [7, 11) is 0. The van der Waals surface area contributed by atoms with Crippen LogP contribution in [0.3, 0.4) is 0 Å². The van der Waals surface area contributed by atoms with Gasteiger partial charge in [-0.25, -0.2) is 4.98 Å². The highest BCUT2D eigenvalue weighted by Gasteiger charge is 2.16. The molecule has 0 bridgehead atoms. The number of carbonyl (C=O) groups is 1. The number of likely N-dealkylation sites (tertiary alicyclic amines) is 1. The summed E-state index contributed by atoms with van der Waals surface area (Å²) in [5.74, 6) is 0.216. The van der Waals surface area contributed by atoms with Crippen LogP contribution in [0.25, 0.3) is 0 Å². The van der Waals surface area contributed by atoms with Gasteiger partial charge in [-0.1, -0.05) is 12.5 Å². The van der Waals surface area contributed by atoms with E-state index < -0.39 is 0 Å². The van der Waals surface area contributed by atoms with Crippen LogP contribution < -0.4 is 11.1 Å². The maximum absolute atomic E-state index is 12.0. The number of aromatic nitrogens is 1. The van der Waals surface area contributed by atoms with E-state index in [1.165, 1.54) is 19.3 Å². The molecule has 104 valence electrons. The largest absolute Gasteiger partial charge is 0.384 e. The van der Waals surface area contributed by atoms with E-state index in [1.807, 2.05) is 6.92 Å². The fraction of sp³-hybridized carbons (Fsp3) is 0.571. The first kappa shape index (κ1) is 13.8. The third kappa shape index (κ3) is 4.21. The van der Waals surface area contributed by atoms with E-state index in [-0.39, 0.29) is 11.9 Å². The molecule has 5 heteroatoms. The van der Waals surface area contributed by atoms with E-state index in [0.717, 1.165) is 19.6 Å². The number of carbonyl (C=O) groups excluding carboxylic acids is 1. The van der Waals surface area contributed by atoms with Crippen LogP contribution in [0.5, 0.6) is 0 Å². The molecule has 1 aromatic rings. The first-order valence-corrected chi connectivity index (χ1v) is 6.91. The van der Waals surface area contributed by atoms with Gasteiger partial charge in [-0.2, -0.15) is 0 Å². The number of amides is 1. The van der Waals surface area contributed by atoms with Gasteiger partial charge in [-0.3, -0.25) is 4.79 Å². The second kappa shape index (κ2) is 6.52. The van der Waals surface area contributed by atoms with Crippen molar-refractivity contribution < 1.29 is 4.79 Å². The maximum atomic E-state index is 12.0. The predicted molar refractivity (Wildman–Crippen MR) is 75.9 cm³/mol. The van der Waals surface area contributed by atoms with Crippen LogP contribution in [0.2, 0.25) is 0 Å². The van der Waals surface area contributed by atoms with Crippen LogP contribution in [0.1, 0.15) is 36.7 Å². The van der Waals surface area contributed by atoms with Gasteiger partial charge in [0.15, 0.2) is 0 Å². The summed E-state index contributed by atoms with van der Waals surface area (Å²) in [6, 6.07) is 5.22. The van der Waals surface area contributed by atoms with Gasteiger partial charge in [0.2, 0.25) is 0 Å². The summed E-state index contributed by atoms with van der Waals surface area (Å²) in [6.07, 6.45) is 3.85. The Morgan fingerprint density at radius 3 is 2.84 bits per heavy atom. The lowest BCUT2D eigenvalue weighted by Crippen LogP contribution is -2.43. The van der Waals surface area contributed by atoms with Crippen molar-refractivity contribution in [2.45, 2.75) is 32.2 Å². The number of piperidine rings is 1. The third-order valence-corrected chi connectivity index (χ3v) is 3.36. The topological polar surface area (TPSA) is 71.2 Å². The van der Waals surface area contributed by atoms with Gasteiger partial charge in [-0.15, -0.1) is 0 Å². The summed E-state index contributed by atoms with van der Waals surface area (Å²) in [5.41, 5.74) is 5.96. The third-order valence-electron chi connectivity index (χ3n) is 3.36. The van der Waals surface area contributed by atoms with Gasteiger partial charge >= 0.3 is 0 Å². The molecule has 0 radical (unpaired) electrons. The number of nitrogens with one attached hydrogen (secondary N) is 1. The standard InChI is InChI=1S/C14H22N4O/c1-11(10-18-8-3-2-4-9-18)16-14(19)12-6-5-7-13(15)17-12/h5-7,11H,2-4,8-10H2,1H3,(H2,15,17)(H,16,19). The first-order valence-electron chi connectivity index (χ1n) is 6.91. The summed E-state index contributed by atoms with van der Waals surface area (Å²) >= 11 is 0. The highest BCUT2D eigenvalue weighted by Crippen LogP contribution is 2.09. The van der Waals surface area contributed by atoms with Crippen molar-refractivity contribution in [3.8, 4) is 0 Å². The van der Waals surface area contributed by atoms with Crippen molar-refractivity contribution in [2.24, 2.45) is 0 Å². The Bertz CT molecular complexity index is 429. The summed E-state index contributed by atoms with van der Waals surface area (Å²) in [5, 5.41) is 2.97. The van der Waals surface area contributed by atoms with Crippen LogP contribution >= 0.6 is 0 Å². The lowest BCUT2D eigenvalue weighted by molar-refractivity contribution is 0.0921. The molecular formula is C14H22N4O. The Kier molecular flexibility index (Phi) is 4.74. The molecule has 5 nitrogen and oxygen atoms in total. The number of nitrogens with two attached hydrogens (primary N) is 1. The molecule has 2 heterocycles. The van der Waals surface area contributed by atoms with Gasteiger partial charge in [-0.05, 0) is 45.0 Å². The molecule has 0 aliphatic carbocycles. The van der Waals surface area contributed by atoms with Gasteiger partial charge in [0, 0.05) is 12.6 Å². The highest BCUT2D eigenvalue weighted by molar-refractivity contribution is 5.92. The number of hydrogen-bond donors (Lipinski definition) is 2. The Labute approximate surface area is 114 Å². The van der Waals surface area contributed by atoms with Crippen molar-refractivity contribution in [3.63, 3.8) is 0 Å². The van der Waals surface area contributed by atoms with Crippen LogP contribution in [0.15, 0.2) is 18.2 Å². The zero-order valence-electron chi connectivity index (χ0n) is 11.4. The lowest BCUT2D eigenvalue weighted by Gasteiger charge is -2.29. The first-order chi connectivity index (χ1) is 9.15. The number of hydrogen-bond acceptors (Lipinski definition) is 4. The molecule has 0 spiro atoms. The Balaban J connectivity index is 1.84. The van der Waals surface area contributed by atoms with E-state index in [2.05, 4.69) is 15.2 Å². The van der Waals surface area contributed by atoms with Crippen molar-refractivity contribution >= 4 is 11.7 Å². The molecule has 19 heavy (non-hydrogen) atoms. The second-order valence-electron chi connectivity index (χ2n) is 5.18. The van der Waals surface area contributed by atoms with Crippen LogP contribution in [-0.2, 0) is 0 Å². The number of rotatable bonds is 4.